The fourth-order valence-corrected chi connectivity index (χ4v) is 3.80. The van der Waals surface area contributed by atoms with E-state index in [4.69, 9.17) is 11.6 Å². The monoisotopic (exact) mass is 321 g/mol. The number of hydrogen-bond donors (Lipinski definition) is 0. The second-order valence-corrected chi connectivity index (χ2v) is 5.59. The maximum absolute atomic E-state index is 11.3. The normalized spacial score (nSPS) is 10.5. The molecule has 0 aromatic carbocycles. The summed E-state index contributed by atoms with van der Waals surface area (Å²) in [6.45, 7) is 0. The van der Waals surface area contributed by atoms with Gasteiger partial charge >= 0.3 is 0 Å². The van der Waals surface area contributed by atoms with Crippen molar-refractivity contribution in [1.29, 1.82) is 0 Å². The molecule has 0 spiro atoms. The molecule has 0 atom stereocenters. The van der Waals surface area contributed by atoms with Crippen LogP contribution in [0.25, 0.3) is 9.88 Å². The summed E-state index contributed by atoms with van der Waals surface area (Å²) in [5.74, 6) is -0.152. The Balaban J connectivity index is 2.36. The molecule has 0 saturated carbocycles. The van der Waals surface area contributed by atoms with E-state index in [9.17, 15) is 4.79 Å². The largest absolute Gasteiger partial charge is 0.291 e. The van der Waals surface area contributed by atoms with Crippen LogP contribution in [-0.4, -0.2) is 16.6 Å². The van der Waals surface area contributed by atoms with Crippen molar-refractivity contribution < 1.29 is 4.79 Å². The number of carbonyl (C=O) groups is 1. The predicted molar refractivity (Wildman–Crippen MR) is 68.2 cm³/mol. The van der Waals surface area contributed by atoms with Crippen molar-refractivity contribution in [3.8, 4) is 9.88 Å². The van der Waals surface area contributed by atoms with Crippen LogP contribution in [0.4, 0.5) is 0 Å². The van der Waals surface area contributed by atoms with Crippen molar-refractivity contribution >= 4 is 56.0 Å². The number of halogens is 2. The lowest BCUT2D eigenvalue weighted by atomic mass is 10.3. The minimum atomic E-state index is -0.133. The van der Waals surface area contributed by atoms with Gasteiger partial charge in [-0.1, -0.05) is 0 Å². The van der Waals surface area contributed by atoms with Crippen LogP contribution in [-0.2, 0) is 0 Å². The molecule has 2 nitrogen and oxygen atoms in total. The number of thiazole rings is 1. The molecule has 0 aliphatic rings. The van der Waals surface area contributed by atoms with Crippen LogP contribution < -0.4 is 0 Å². The lowest BCUT2D eigenvalue weighted by molar-refractivity contribution is 0.101. The number of aromatic nitrogens is 1. The molecular weight excluding hydrogens is 318 g/mol. The average Bonchev–Trinajstić information content (AvgIpc) is 2.84. The highest BCUT2D eigenvalue weighted by Crippen LogP contribution is 2.35. The Bertz CT molecular complexity index is 494. The van der Waals surface area contributed by atoms with Crippen LogP contribution in [0.5, 0.6) is 0 Å². The van der Waals surface area contributed by atoms with Gasteiger partial charge in [-0.3, -0.25) is 4.79 Å². The predicted octanol–water partition coefficient (Wildman–Crippen LogP) is 4.06. The standard InChI is InChI=1S/C9H5BrClNOS2/c10-5-1-2-14-8(5)9-12-6(4-15-9)7(13)3-11/h1-2,4H,3H2. The Labute approximate surface area is 108 Å². The van der Waals surface area contributed by atoms with Gasteiger partial charge < -0.3 is 0 Å². The van der Waals surface area contributed by atoms with Crippen molar-refractivity contribution in [1.82, 2.24) is 4.98 Å². The number of alkyl halides is 1. The lowest BCUT2D eigenvalue weighted by Gasteiger charge is -1.91. The molecule has 0 bridgehead atoms. The van der Waals surface area contributed by atoms with E-state index in [1.807, 2.05) is 11.4 Å². The van der Waals surface area contributed by atoms with Gasteiger partial charge in [-0.25, -0.2) is 4.98 Å². The summed E-state index contributed by atoms with van der Waals surface area (Å²) in [6.07, 6.45) is 0. The first-order valence-corrected chi connectivity index (χ1v) is 7.09. The van der Waals surface area contributed by atoms with Crippen molar-refractivity contribution in [2.45, 2.75) is 0 Å². The molecule has 0 aliphatic heterocycles. The fraction of sp³-hybridized carbons (Fsp3) is 0.111. The zero-order valence-electron chi connectivity index (χ0n) is 7.37. The number of hydrogen-bond acceptors (Lipinski definition) is 4. The number of rotatable bonds is 3. The molecule has 2 aromatic heterocycles. The number of carbonyl (C=O) groups excluding carboxylic acids is 1. The molecule has 0 unspecified atom stereocenters. The van der Waals surface area contributed by atoms with Crippen LogP contribution in [0.2, 0.25) is 0 Å². The minimum Gasteiger partial charge on any atom is -0.291 e. The molecule has 15 heavy (non-hydrogen) atoms. The zero-order chi connectivity index (χ0) is 10.8. The topological polar surface area (TPSA) is 30.0 Å². The second kappa shape index (κ2) is 4.74. The number of ketones is 1. The summed E-state index contributed by atoms with van der Waals surface area (Å²) in [4.78, 5) is 16.6. The average molecular weight is 323 g/mol. The third-order valence-electron chi connectivity index (χ3n) is 1.72. The molecule has 0 radical (unpaired) electrons. The molecule has 0 N–H and O–H groups in total. The number of thiophene rings is 1. The van der Waals surface area contributed by atoms with E-state index < -0.39 is 0 Å². The van der Waals surface area contributed by atoms with Gasteiger partial charge in [0.1, 0.15) is 10.7 Å². The molecule has 0 aliphatic carbocycles. The van der Waals surface area contributed by atoms with Gasteiger partial charge in [0.15, 0.2) is 5.78 Å². The van der Waals surface area contributed by atoms with Crippen molar-refractivity contribution in [2.75, 3.05) is 5.88 Å². The zero-order valence-corrected chi connectivity index (χ0v) is 11.3. The first kappa shape index (κ1) is 11.3. The van der Waals surface area contributed by atoms with Gasteiger partial charge in [-0.05, 0) is 27.4 Å². The summed E-state index contributed by atoms with van der Waals surface area (Å²) in [7, 11) is 0. The molecular formula is C9H5BrClNOS2. The van der Waals surface area contributed by atoms with E-state index in [2.05, 4.69) is 20.9 Å². The molecule has 2 heterocycles. The third-order valence-corrected chi connectivity index (χ3v) is 4.80. The van der Waals surface area contributed by atoms with Gasteiger partial charge in [0, 0.05) is 9.85 Å². The smallest absolute Gasteiger partial charge is 0.196 e. The van der Waals surface area contributed by atoms with Crippen molar-refractivity contribution in [3.63, 3.8) is 0 Å². The van der Waals surface area contributed by atoms with E-state index >= 15 is 0 Å². The van der Waals surface area contributed by atoms with Crippen LogP contribution in [0.15, 0.2) is 21.3 Å². The van der Waals surface area contributed by atoms with Gasteiger partial charge in [-0.2, -0.15) is 0 Å². The second-order valence-electron chi connectivity index (χ2n) is 2.69. The molecule has 2 rings (SSSR count). The molecule has 2 aromatic rings. The van der Waals surface area contributed by atoms with Gasteiger partial charge in [0.25, 0.3) is 0 Å². The Kier molecular flexibility index (Phi) is 3.56. The van der Waals surface area contributed by atoms with Crippen LogP contribution in [0, 0.1) is 0 Å². The highest BCUT2D eigenvalue weighted by Gasteiger charge is 2.13. The lowest BCUT2D eigenvalue weighted by Crippen LogP contribution is -1.99. The minimum absolute atomic E-state index is 0.0191. The summed E-state index contributed by atoms with van der Waals surface area (Å²) >= 11 is 11.9. The SMILES string of the molecule is O=C(CCl)c1csc(-c2sccc2Br)n1. The fourth-order valence-electron chi connectivity index (χ4n) is 1.02. The molecule has 0 amide bonds. The quantitative estimate of drug-likeness (QED) is 0.630. The Morgan fingerprint density at radius 2 is 2.33 bits per heavy atom. The van der Waals surface area contributed by atoms with Crippen molar-refractivity contribution in [3.05, 3.63) is 27.0 Å². The highest BCUT2D eigenvalue weighted by atomic mass is 79.9. The molecule has 0 fully saturated rings. The Morgan fingerprint density at radius 1 is 1.53 bits per heavy atom. The Hall–Kier alpha value is -0.230. The van der Waals surface area contributed by atoms with Gasteiger partial charge in [0.2, 0.25) is 0 Å². The van der Waals surface area contributed by atoms with Crippen LogP contribution >= 0.6 is 50.2 Å². The maximum atomic E-state index is 11.3. The van der Waals surface area contributed by atoms with E-state index in [0.717, 1.165) is 14.4 Å². The third kappa shape index (κ3) is 2.30. The highest BCUT2D eigenvalue weighted by molar-refractivity contribution is 9.10. The number of Topliss-reactive ketones (excluding diaryl/α,β-unsaturated/α-hetero) is 1. The summed E-state index contributed by atoms with van der Waals surface area (Å²) < 4.78 is 1.01. The first-order chi connectivity index (χ1) is 7.22. The van der Waals surface area contributed by atoms with E-state index in [1.165, 1.54) is 11.3 Å². The molecule has 6 heteroatoms. The molecule has 78 valence electrons. The van der Waals surface area contributed by atoms with Gasteiger partial charge in [0.05, 0.1) is 10.8 Å². The summed E-state index contributed by atoms with van der Waals surface area (Å²) in [5, 5.41) is 4.57. The Morgan fingerprint density at radius 3 is 2.93 bits per heavy atom. The van der Waals surface area contributed by atoms with Crippen LogP contribution in [0.3, 0.4) is 0 Å². The summed E-state index contributed by atoms with van der Waals surface area (Å²) in [5.41, 5.74) is 0.449. The van der Waals surface area contributed by atoms with Crippen LogP contribution in [0.1, 0.15) is 10.5 Å². The van der Waals surface area contributed by atoms with E-state index in [1.54, 1.807) is 16.7 Å². The van der Waals surface area contributed by atoms with E-state index in [-0.39, 0.29) is 11.7 Å². The van der Waals surface area contributed by atoms with Gasteiger partial charge in [-0.15, -0.1) is 34.3 Å². The van der Waals surface area contributed by atoms with Crippen molar-refractivity contribution in [2.24, 2.45) is 0 Å². The molecule has 0 saturated heterocycles. The maximum Gasteiger partial charge on any atom is 0.196 e. The van der Waals surface area contributed by atoms with E-state index in [0.29, 0.717) is 5.69 Å². The number of nitrogens with zero attached hydrogens (tertiary/aromatic N) is 1. The first-order valence-electron chi connectivity index (χ1n) is 4.00. The summed E-state index contributed by atoms with van der Waals surface area (Å²) in [6, 6.07) is 1.96.